The van der Waals surface area contributed by atoms with Crippen molar-refractivity contribution in [2.75, 3.05) is 5.32 Å². The molecule has 0 aromatic carbocycles. The van der Waals surface area contributed by atoms with Gasteiger partial charge in [-0.2, -0.15) is 5.10 Å². The van der Waals surface area contributed by atoms with Crippen molar-refractivity contribution in [1.82, 2.24) is 10.2 Å². The number of aromatic nitrogens is 2. The summed E-state index contributed by atoms with van der Waals surface area (Å²) in [5.41, 5.74) is 0.505. The fourth-order valence-electron chi connectivity index (χ4n) is 0.975. The van der Waals surface area contributed by atoms with Crippen LogP contribution in [-0.2, 0) is 4.74 Å². The summed E-state index contributed by atoms with van der Waals surface area (Å²) in [5.74, 6) is 0. The Balaban J connectivity index is 2.73. The van der Waals surface area contributed by atoms with E-state index >= 15 is 0 Å². The van der Waals surface area contributed by atoms with Gasteiger partial charge in [-0.05, 0) is 33.8 Å². The van der Waals surface area contributed by atoms with Gasteiger partial charge in [0.05, 0.1) is 11.4 Å². The Hall–Kier alpha value is -1.36. The van der Waals surface area contributed by atoms with Gasteiger partial charge in [0.15, 0.2) is 5.15 Å². The first-order valence-corrected chi connectivity index (χ1v) is 5.15. The molecular formula is C10H14ClN3O2. The first kappa shape index (κ1) is 12.7. The predicted octanol–water partition coefficient (Wildman–Crippen LogP) is 2.79. The molecular weight excluding hydrogens is 230 g/mol. The van der Waals surface area contributed by atoms with Crippen LogP contribution >= 0.6 is 11.6 Å². The number of carbonyl (C=O) groups excluding carboxylic acids is 1. The maximum absolute atomic E-state index is 11.5. The molecule has 0 fully saturated rings. The van der Waals surface area contributed by atoms with Crippen LogP contribution in [0.4, 0.5) is 10.5 Å². The van der Waals surface area contributed by atoms with Gasteiger partial charge in [-0.25, -0.2) is 4.79 Å². The molecule has 0 aliphatic heterocycles. The number of hydrogen-bond acceptors (Lipinski definition) is 4. The van der Waals surface area contributed by atoms with Crippen LogP contribution in [-0.4, -0.2) is 21.9 Å². The maximum Gasteiger partial charge on any atom is 0.412 e. The van der Waals surface area contributed by atoms with E-state index in [-0.39, 0.29) is 5.15 Å². The minimum atomic E-state index is -0.568. The summed E-state index contributed by atoms with van der Waals surface area (Å²) in [6, 6.07) is 1.62. The molecule has 0 saturated carbocycles. The van der Waals surface area contributed by atoms with Crippen molar-refractivity contribution in [2.45, 2.75) is 33.3 Å². The maximum atomic E-state index is 11.5. The Morgan fingerprint density at radius 3 is 2.62 bits per heavy atom. The third-order valence-electron chi connectivity index (χ3n) is 1.51. The molecule has 0 atom stereocenters. The van der Waals surface area contributed by atoms with Crippen LogP contribution in [0.25, 0.3) is 0 Å². The number of ether oxygens (including phenoxy) is 1. The molecule has 1 amide bonds. The van der Waals surface area contributed by atoms with Gasteiger partial charge in [-0.1, -0.05) is 11.6 Å². The van der Waals surface area contributed by atoms with E-state index in [4.69, 9.17) is 16.3 Å². The summed E-state index contributed by atoms with van der Waals surface area (Å²) in [7, 11) is 0. The lowest BCUT2D eigenvalue weighted by molar-refractivity contribution is 0.0636. The molecule has 1 heterocycles. The molecule has 6 heteroatoms. The number of amides is 1. The molecule has 0 saturated heterocycles. The predicted molar refractivity (Wildman–Crippen MR) is 61.6 cm³/mol. The normalized spacial score (nSPS) is 11.1. The number of nitrogens with one attached hydrogen (secondary N) is 1. The van der Waals surface area contributed by atoms with E-state index in [9.17, 15) is 4.79 Å². The van der Waals surface area contributed by atoms with Crippen LogP contribution in [0.15, 0.2) is 6.07 Å². The molecule has 0 bridgehead atoms. The zero-order valence-corrected chi connectivity index (χ0v) is 10.4. The van der Waals surface area contributed by atoms with Gasteiger partial charge in [0, 0.05) is 0 Å². The Bertz CT molecular complexity index is 402. The van der Waals surface area contributed by atoms with E-state index in [1.807, 2.05) is 0 Å². The van der Waals surface area contributed by atoms with E-state index in [1.54, 1.807) is 33.8 Å². The summed E-state index contributed by atoms with van der Waals surface area (Å²) in [6.07, 6.45) is -0.568. The third-order valence-corrected chi connectivity index (χ3v) is 1.79. The Labute approximate surface area is 99.2 Å². The van der Waals surface area contributed by atoms with Crippen molar-refractivity contribution in [3.05, 3.63) is 16.9 Å². The smallest absolute Gasteiger partial charge is 0.412 e. The van der Waals surface area contributed by atoms with E-state index in [1.165, 1.54) is 0 Å². The minimum absolute atomic E-state index is 0.136. The Morgan fingerprint density at radius 1 is 1.44 bits per heavy atom. The highest BCUT2D eigenvalue weighted by molar-refractivity contribution is 6.32. The number of aryl methyl sites for hydroxylation is 1. The molecule has 16 heavy (non-hydrogen) atoms. The zero-order valence-electron chi connectivity index (χ0n) is 9.67. The quantitative estimate of drug-likeness (QED) is 0.824. The molecule has 88 valence electrons. The van der Waals surface area contributed by atoms with Crippen molar-refractivity contribution < 1.29 is 9.53 Å². The lowest BCUT2D eigenvalue weighted by atomic mass is 10.2. The first-order chi connectivity index (χ1) is 7.28. The second-order valence-electron chi connectivity index (χ2n) is 4.32. The van der Waals surface area contributed by atoms with E-state index < -0.39 is 11.7 Å². The van der Waals surface area contributed by atoms with Crippen LogP contribution in [0.1, 0.15) is 26.5 Å². The number of carbonyl (C=O) groups is 1. The van der Waals surface area contributed by atoms with Gasteiger partial charge < -0.3 is 4.74 Å². The highest BCUT2D eigenvalue weighted by Gasteiger charge is 2.17. The third kappa shape index (κ3) is 4.02. The largest absolute Gasteiger partial charge is 0.444 e. The van der Waals surface area contributed by atoms with Gasteiger partial charge in [-0.15, -0.1) is 5.10 Å². The summed E-state index contributed by atoms with van der Waals surface area (Å²) in [6.45, 7) is 7.10. The van der Waals surface area contributed by atoms with Crippen molar-refractivity contribution in [3.8, 4) is 0 Å². The van der Waals surface area contributed by atoms with E-state index in [0.29, 0.717) is 11.4 Å². The van der Waals surface area contributed by atoms with Gasteiger partial charge >= 0.3 is 6.09 Å². The Kier molecular flexibility index (Phi) is 3.70. The second-order valence-corrected chi connectivity index (χ2v) is 4.68. The number of halogens is 1. The van der Waals surface area contributed by atoms with Crippen LogP contribution in [0.5, 0.6) is 0 Å². The molecule has 0 aliphatic rings. The molecule has 0 spiro atoms. The summed E-state index contributed by atoms with van der Waals surface area (Å²) in [4.78, 5) is 11.5. The molecule has 1 rings (SSSR count). The molecule has 1 aromatic rings. The monoisotopic (exact) mass is 243 g/mol. The summed E-state index contributed by atoms with van der Waals surface area (Å²) in [5, 5.41) is 10.1. The summed E-state index contributed by atoms with van der Waals surface area (Å²) < 4.78 is 5.08. The minimum Gasteiger partial charge on any atom is -0.444 e. The standard InChI is InChI=1S/C10H14ClN3O2/c1-6-5-7(8(11)14-13-6)12-9(15)16-10(2,3)4/h5H,1-4H3,(H,12,13,15). The van der Waals surface area contributed by atoms with Crippen LogP contribution in [0.3, 0.4) is 0 Å². The van der Waals surface area contributed by atoms with Crippen molar-refractivity contribution in [3.63, 3.8) is 0 Å². The molecule has 0 aliphatic carbocycles. The van der Waals surface area contributed by atoms with Crippen molar-refractivity contribution in [1.29, 1.82) is 0 Å². The topological polar surface area (TPSA) is 64.1 Å². The van der Waals surface area contributed by atoms with E-state index in [0.717, 1.165) is 0 Å². The summed E-state index contributed by atoms with van der Waals surface area (Å²) >= 11 is 5.77. The number of nitrogens with zero attached hydrogens (tertiary/aromatic N) is 2. The average Bonchev–Trinajstić information content (AvgIpc) is 2.08. The lowest BCUT2D eigenvalue weighted by Gasteiger charge is -2.19. The van der Waals surface area contributed by atoms with E-state index in [2.05, 4.69) is 15.5 Å². The highest BCUT2D eigenvalue weighted by Crippen LogP contribution is 2.19. The second kappa shape index (κ2) is 4.65. The Morgan fingerprint density at radius 2 is 2.06 bits per heavy atom. The fraction of sp³-hybridized carbons (Fsp3) is 0.500. The van der Waals surface area contributed by atoms with Crippen molar-refractivity contribution >= 4 is 23.4 Å². The van der Waals surface area contributed by atoms with Gasteiger partial charge in [0.1, 0.15) is 5.60 Å². The molecule has 0 unspecified atom stereocenters. The molecule has 1 aromatic heterocycles. The van der Waals surface area contributed by atoms with Crippen molar-refractivity contribution in [2.24, 2.45) is 0 Å². The zero-order chi connectivity index (χ0) is 12.3. The van der Waals surface area contributed by atoms with Gasteiger partial charge in [0.25, 0.3) is 0 Å². The average molecular weight is 244 g/mol. The van der Waals surface area contributed by atoms with Gasteiger partial charge in [-0.3, -0.25) is 5.32 Å². The first-order valence-electron chi connectivity index (χ1n) is 4.78. The van der Waals surface area contributed by atoms with Gasteiger partial charge in [0.2, 0.25) is 0 Å². The molecule has 5 nitrogen and oxygen atoms in total. The fourth-order valence-corrected chi connectivity index (χ4v) is 1.11. The number of anilines is 1. The SMILES string of the molecule is Cc1cc(NC(=O)OC(C)(C)C)c(Cl)nn1. The highest BCUT2D eigenvalue weighted by atomic mass is 35.5. The molecule has 1 N–H and O–H groups in total. The van der Waals surface area contributed by atoms with Crippen LogP contribution in [0.2, 0.25) is 5.15 Å². The lowest BCUT2D eigenvalue weighted by Crippen LogP contribution is -2.27. The van der Waals surface area contributed by atoms with Crippen LogP contribution in [0, 0.1) is 6.92 Å². The number of rotatable bonds is 1. The van der Waals surface area contributed by atoms with Crippen LogP contribution < -0.4 is 5.32 Å². The number of hydrogen-bond donors (Lipinski definition) is 1. The molecule has 0 radical (unpaired) electrons.